The highest BCUT2D eigenvalue weighted by Crippen LogP contribution is 2.28. The highest BCUT2D eigenvalue weighted by Gasteiger charge is 2.27. The number of hydrogen-bond acceptors (Lipinski definition) is 2. The van der Waals surface area contributed by atoms with E-state index in [2.05, 4.69) is 40.5 Å². The van der Waals surface area contributed by atoms with Crippen molar-refractivity contribution < 1.29 is 4.79 Å². The fourth-order valence-corrected chi connectivity index (χ4v) is 3.28. The van der Waals surface area contributed by atoms with Gasteiger partial charge < -0.3 is 5.32 Å². The van der Waals surface area contributed by atoms with E-state index >= 15 is 0 Å². The molecule has 0 aliphatic carbocycles. The van der Waals surface area contributed by atoms with Gasteiger partial charge in [-0.1, -0.05) is 48.5 Å². The van der Waals surface area contributed by atoms with Crippen molar-refractivity contribution in [2.45, 2.75) is 31.7 Å². The van der Waals surface area contributed by atoms with Crippen LogP contribution in [0, 0.1) is 0 Å². The molecule has 2 aromatic rings. The molecule has 0 spiro atoms. The Hall–Kier alpha value is -2.13. The van der Waals surface area contributed by atoms with Crippen LogP contribution in [0.1, 0.15) is 31.2 Å². The molecule has 0 radical (unpaired) electrons. The zero-order valence-corrected chi connectivity index (χ0v) is 13.6. The van der Waals surface area contributed by atoms with Gasteiger partial charge in [0.05, 0.1) is 6.04 Å². The molecule has 1 fully saturated rings. The number of benzene rings is 2. The number of hydrogen-bond donors (Lipinski definition) is 1. The van der Waals surface area contributed by atoms with E-state index in [0.717, 1.165) is 31.6 Å². The van der Waals surface area contributed by atoms with Crippen LogP contribution in [-0.2, 0) is 4.79 Å². The first kappa shape index (κ1) is 15.8. The van der Waals surface area contributed by atoms with Crippen molar-refractivity contribution in [1.82, 2.24) is 4.90 Å². The van der Waals surface area contributed by atoms with Crippen LogP contribution in [0.15, 0.2) is 60.7 Å². The van der Waals surface area contributed by atoms with Crippen molar-refractivity contribution in [3.8, 4) is 0 Å². The third-order valence-corrected chi connectivity index (χ3v) is 4.77. The first-order valence-electron chi connectivity index (χ1n) is 8.39. The molecule has 1 aliphatic rings. The van der Waals surface area contributed by atoms with Gasteiger partial charge in [-0.15, -0.1) is 0 Å². The van der Waals surface area contributed by atoms with Crippen molar-refractivity contribution in [3.63, 3.8) is 0 Å². The van der Waals surface area contributed by atoms with Crippen molar-refractivity contribution >= 4 is 11.6 Å². The number of likely N-dealkylation sites (tertiary alicyclic amines) is 1. The molecule has 1 atom stereocenters. The van der Waals surface area contributed by atoms with E-state index in [1.54, 1.807) is 0 Å². The molecule has 1 heterocycles. The van der Waals surface area contributed by atoms with Gasteiger partial charge in [-0.2, -0.15) is 0 Å². The van der Waals surface area contributed by atoms with E-state index in [4.69, 9.17) is 0 Å². The number of amides is 1. The van der Waals surface area contributed by atoms with Crippen LogP contribution in [0.3, 0.4) is 0 Å². The first-order chi connectivity index (χ1) is 11.2. The summed E-state index contributed by atoms with van der Waals surface area (Å²) in [7, 11) is 0. The second kappa shape index (κ2) is 7.42. The lowest BCUT2D eigenvalue weighted by atomic mass is 9.89. The third-order valence-electron chi connectivity index (χ3n) is 4.77. The second-order valence-corrected chi connectivity index (χ2v) is 6.25. The molecule has 23 heavy (non-hydrogen) atoms. The number of anilines is 1. The Morgan fingerprint density at radius 1 is 1.00 bits per heavy atom. The molecule has 1 saturated heterocycles. The smallest absolute Gasteiger partial charge is 0.241 e. The number of carbonyl (C=O) groups excluding carboxylic acids is 1. The largest absolute Gasteiger partial charge is 0.325 e. The van der Waals surface area contributed by atoms with Crippen LogP contribution in [0.5, 0.6) is 0 Å². The third kappa shape index (κ3) is 3.99. The summed E-state index contributed by atoms with van der Waals surface area (Å²) in [5.41, 5.74) is 2.29. The summed E-state index contributed by atoms with van der Waals surface area (Å²) in [6.45, 7) is 3.95. The highest BCUT2D eigenvalue weighted by molar-refractivity contribution is 5.94. The van der Waals surface area contributed by atoms with E-state index in [-0.39, 0.29) is 11.9 Å². The maximum atomic E-state index is 12.4. The monoisotopic (exact) mass is 308 g/mol. The Kier molecular flexibility index (Phi) is 5.09. The summed E-state index contributed by atoms with van der Waals surface area (Å²) < 4.78 is 0. The quantitative estimate of drug-likeness (QED) is 0.929. The molecule has 0 saturated carbocycles. The summed E-state index contributed by atoms with van der Waals surface area (Å²) in [5, 5.41) is 3.00. The molecular weight excluding hydrogens is 284 g/mol. The normalized spacial score (nSPS) is 17.6. The Balaban J connectivity index is 1.53. The minimum Gasteiger partial charge on any atom is -0.325 e. The highest BCUT2D eigenvalue weighted by atomic mass is 16.2. The molecule has 3 rings (SSSR count). The molecule has 3 heteroatoms. The molecule has 0 bridgehead atoms. The standard InChI is InChI=1S/C20H24N2O/c1-16(20(23)21-19-10-6-3-7-11-19)22-14-12-18(13-15-22)17-8-4-2-5-9-17/h2-11,16,18H,12-15H2,1H3,(H,21,23)/t16-/m1/s1. The summed E-state index contributed by atoms with van der Waals surface area (Å²) in [6.07, 6.45) is 2.24. The second-order valence-electron chi connectivity index (χ2n) is 6.25. The van der Waals surface area contributed by atoms with Gasteiger partial charge in [-0.05, 0) is 56.5 Å². The minimum absolute atomic E-state index is 0.0781. The molecule has 1 amide bonds. The Morgan fingerprint density at radius 2 is 1.57 bits per heavy atom. The Morgan fingerprint density at radius 3 is 2.17 bits per heavy atom. The van der Waals surface area contributed by atoms with Gasteiger partial charge >= 0.3 is 0 Å². The summed E-state index contributed by atoms with van der Waals surface area (Å²) >= 11 is 0. The van der Waals surface area contributed by atoms with E-state index in [1.807, 2.05) is 37.3 Å². The number of piperidine rings is 1. The molecule has 1 N–H and O–H groups in total. The van der Waals surface area contributed by atoms with Gasteiger partial charge in [0.15, 0.2) is 0 Å². The van der Waals surface area contributed by atoms with E-state index in [0.29, 0.717) is 5.92 Å². The van der Waals surface area contributed by atoms with Crippen LogP contribution in [-0.4, -0.2) is 29.9 Å². The Labute approximate surface area is 138 Å². The fraction of sp³-hybridized carbons (Fsp3) is 0.350. The summed E-state index contributed by atoms with van der Waals surface area (Å²) in [4.78, 5) is 14.7. The van der Waals surface area contributed by atoms with Crippen molar-refractivity contribution in [1.29, 1.82) is 0 Å². The van der Waals surface area contributed by atoms with Gasteiger partial charge in [0, 0.05) is 5.69 Å². The van der Waals surface area contributed by atoms with Gasteiger partial charge in [-0.3, -0.25) is 9.69 Å². The van der Waals surface area contributed by atoms with Gasteiger partial charge in [0.2, 0.25) is 5.91 Å². The molecular formula is C20H24N2O. The summed E-state index contributed by atoms with van der Waals surface area (Å²) in [6, 6.07) is 20.3. The maximum Gasteiger partial charge on any atom is 0.241 e. The lowest BCUT2D eigenvalue weighted by Crippen LogP contribution is -2.45. The molecule has 0 unspecified atom stereocenters. The zero-order chi connectivity index (χ0) is 16.1. The van der Waals surface area contributed by atoms with Gasteiger partial charge in [0.25, 0.3) is 0 Å². The van der Waals surface area contributed by atoms with Crippen LogP contribution in [0.2, 0.25) is 0 Å². The fourth-order valence-electron chi connectivity index (χ4n) is 3.28. The number of nitrogens with zero attached hydrogens (tertiary/aromatic N) is 1. The van der Waals surface area contributed by atoms with Gasteiger partial charge in [0.1, 0.15) is 0 Å². The molecule has 2 aromatic carbocycles. The van der Waals surface area contributed by atoms with Gasteiger partial charge in [-0.25, -0.2) is 0 Å². The molecule has 120 valence electrons. The number of carbonyl (C=O) groups is 1. The minimum atomic E-state index is -0.0908. The number of para-hydroxylation sites is 1. The zero-order valence-electron chi connectivity index (χ0n) is 13.6. The Bertz CT molecular complexity index is 619. The molecule has 3 nitrogen and oxygen atoms in total. The predicted octanol–water partition coefficient (Wildman–Crippen LogP) is 3.89. The summed E-state index contributed by atoms with van der Waals surface area (Å²) in [5.74, 6) is 0.700. The van der Waals surface area contributed by atoms with E-state index < -0.39 is 0 Å². The van der Waals surface area contributed by atoms with Crippen molar-refractivity contribution in [2.24, 2.45) is 0 Å². The number of rotatable bonds is 4. The van der Waals surface area contributed by atoms with Crippen LogP contribution < -0.4 is 5.32 Å². The lowest BCUT2D eigenvalue weighted by molar-refractivity contribution is -0.121. The lowest BCUT2D eigenvalue weighted by Gasteiger charge is -2.35. The van der Waals surface area contributed by atoms with Crippen LogP contribution in [0.25, 0.3) is 0 Å². The molecule has 0 aromatic heterocycles. The predicted molar refractivity (Wildman–Crippen MR) is 94.5 cm³/mol. The maximum absolute atomic E-state index is 12.4. The number of nitrogens with one attached hydrogen (secondary N) is 1. The SMILES string of the molecule is C[C@H](C(=O)Nc1ccccc1)N1CCC(c2ccccc2)CC1. The average molecular weight is 308 g/mol. The average Bonchev–Trinajstić information content (AvgIpc) is 2.63. The topological polar surface area (TPSA) is 32.3 Å². The molecule has 1 aliphatic heterocycles. The van der Waals surface area contributed by atoms with Crippen LogP contribution >= 0.6 is 0 Å². The van der Waals surface area contributed by atoms with Crippen molar-refractivity contribution in [3.05, 3.63) is 66.2 Å². The van der Waals surface area contributed by atoms with Crippen molar-refractivity contribution in [2.75, 3.05) is 18.4 Å². The van der Waals surface area contributed by atoms with E-state index in [9.17, 15) is 4.79 Å². The van der Waals surface area contributed by atoms with Crippen LogP contribution in [0.4, 0.5) is 5.69 Å². The first-order valence-corrected chi connectivity index (χ1v) is 8.39. The van der Waals surface area contributed by atoms with E-state index in [1.165, 1.54) is 5.56 Å².